The first-order valence-corrected chi connectivity index (χ1v) is 11.7. The van der Waals surface area contributed by atoms with E-state index in [1.54, 1.807) is 18.5 Å². The lowest BCUT2D eigenvalue weighted by molar-refractivity contribution is 0.0526. The summed E-state index contributed by atoms with van der Waals surface area (Å²) in [5.74, 6) is 0.854. The molecule has 4 rings (SSSR count). The number of benzene rings is 1. The molecule has 0 saturated heterocycles. The first-order valence-electron chi connectivity index (χ1n) is 10.7. The molecular formula is C22H25N7O3S. The molecule has 0 aliphatic carbocycles. The molecule has 10 nitrogen and oxygen atoms in total. The molecule has 0 unspecified atom stereocenters. The Balaban J connectivity index is 1.53. The van der Waals surface area contributed by atoms with E-state index in [-0.39, 0.29) is 23.7 Å². The number of ether oxygens (including phenoxy) is 1. The quantitative estimate of drug-likeness (QED) is 0.285. The molecule has 0 amide bonds. The van der Waals surface area contributed by atoms with E-state index >= 15 is 0 Å². The Labute approximate surface area is 194 Å². The number of aryl methyl sites for hydroxylation is 2. The van der Waals surface area contributed by atoms with Crippen molar-refractivity contribution >= 4 is 34.6 Å². The van der Waals surface area contributed by atoms with Gasteiger partial charge in [0.05, 0.1) is 23.4 Å². The Morgan fingerprint density at radius 2 is 2.00 bits per heavy atom. The molecule has 0 radical (unpaired) electrons. The van der Waals surface area contributed by atoms with Crippen molar-refractivity contribution in [3.05, 3.63) is 47.0 Å². The van der Waals surface area contributed by atoms with Crippen LogP contribution in [0.4, 0.5) is 5.82 Å². The molecule has 1 aromatic carbocycles. The summed E-state index contributed by atoms with van der Waals surface area (Å²) < 4.78 is 12.4. The zero-order chi connectivity index (χ0) is 23.4. The van der Waals surface area contributed by atoms with E-state index in [0.29, 0.717) is 27.9 Å². The zero-order valence-corrected chi connectivity index (χ0v) is 19.6. The first kappa shape index (κ1) is 22.7. The van der Waals surface area contributed by atoms with Crippen LogP contribution in [0.2, 0.25) is 0 Å². The molecule has 3 heterocycles. The van der Waals surface area contributed by atoms with Crippen LogP contribution < -0.4 is 5.73 Å². The second-order valence-corrected chi connectivity index (χ2v) is 8.33. The van der Waals surface area contributed by atoms with Crippen LogP contribution >= 0.6 is 11.8 Å². The van der Waals surface area contributed by atoms with Gasteiger partial charge < -0.3 is 14.9 Å². The maximum Gasteiger partial charge on any atom is 0.342 e. The van der Waals surface area contributed by atoms with Gasteiger partial charge in [0.15, 0.2) is 0 Å². The second-order valence-electron chi connectivity index (χ2n) is 7.39. The van der Waals surface area contributed by atoms with Crippen molar-refractivity contribution in [2.24, 2.45) is 0 Å². The SMILES string of the molecule is CCCCc1ccc(-n2nnnc2SCc2nc(N)c3c(C(=O)OCC)c(C)oc3n2)cc1. The van der Waals surface area contributed by atoms with Crippen molar-refractivity contribution in [3.63, 3.8) is 0 Å². The summed E-state index contributed by atoms with van der Waals surface area (Å²) in [5.41, 5.74) is 8.82. The fourth-order valence-corrected chi connectivity index (χ4v) is 4.19. The van der Waals surface area contributed by atoms with Crippen LogP contribution in [0.5, 0.6) is 0 Å². The highest BCUT2D eigenvalue weighted by Crippen LogP contribution is 2.30. The van der Waals surface area contributed by atoms with Crippen LogP contribution in [-0.4, -0.2) is 42.8 Å². The largest absolute Gasteiger partial charge is 0.462 e. The number of hydrogen-bond donors (Lipinski definition) is 1. The summed E-state index contributed by atoms with van der Waals surface area (Å²) in [6.45, 7) is 5.83. The lowest BCUT2D eigenvalue weighted by atomic mass is 10.1. The number of furan rings is 1. The number of unbranched alkanes of at least 4 members (excludes halogenated alkanes) is 1. The molecule has 33 heavy (non-hydrogen) atoms. The molecule has 2 N–H and O–H groups in total. The van der Waals surface area contributed by atoms with Gasteiger partial charge in [0.25, 0.3) is 0 Å². The zero-order valence-electron chi connectivity index (χ0n) is 18.7. The number of thioether (sulfide) groups is 1. The number of fused-ring (bicyclic) bond motifs is 1. The topological polar surface area (TPSA) is 135 Å². The maximum atomic E-state index is 12.3. The average Bonchev–Trinajstić information content (AvgIpc) is 3.40. The van der Waals surface area contributed by atoms with Crippen molar-refractivity contribution in [1.29, 1.82) is 0 Å². The van der Waals surface area contributed by atoms with E-state index in [9.17, 15) is 4.79 Å². The third-order valence-corrected chi connectivity index (χ3v) is 5.97. The molecule has 4 aromatic rings. The Morgan fingerprint density at radius 1 is 1.21 bits per heavy atom. The molecule has 3 aromatic heterocycles. The van der Waals surface area contributed by atoms with Crippen LogP contribution in [-0.2, 0) is 16.9 Å². The maximum absolute atomic E-state index is 12.3. The fourth-order valence-electron chi connectivity index (χ4n) is 3.44. The average molecular weight is 468 g/mol. The van der Waals surface area contributed by atoms with Gasteiger partial charge in [-0.25, -0.2) is 9.78 Å². The first-order chi connectivity index (χ1) is 16.0. The minimum Gasteiger partial charge on any atom is -0.462 e. The molecule has 0 spiro atoms. The highest BCUT2D eigenvalue weighted by Gasteiger charge is 2.24. The Bertz CT molecular complexity index is 1270. The van der Waals surface area contributed by atoms with Gasteiger partial charge in [0.1, 0.15) is 23.0 Å². The Morgan fingerprint density at radius 3 is 2.73 bits per heavy atom. The van der Waals surface area contributed by atoms with E-state index in [1.807, 2.05) is 12.1 Å². The van der Waals surface area contributed by atoms with Gasteiger partial charge in [-0.15, -0.1) is 5.10 Å². The second kappa shape index (κ2) is 9.99. The number of aromatic nitrogens is 6. The van der Waals surface area contributed by atoms with E-state index in [2.05, 4.69) is 44.5 Å². The highest BCUT2D eigenvalue weighted by atomic mass is 32.2. The number of hydrogen-bond acceptors (Lipinski definition) is 10. The minimum absolute atomic E-state index is 0.165. The van der Waals surface area contributed by atoms with Crippen molar-refractivity contribution in [1.82, 2.24) is 30.2 Å². The lowest BCUT2D eigenvalue weighted by Gasteiger charge is -2.06. The van der Waals surface area contributed by atoms with Gasteiger partial charge in [0.2, 0.25) is 10.9 Å². The van der Waals surface area contributed by atoms with E-state index < -0.39 is 5.97 Å². The number of carbonyl (C=O) groups excluding carboxylic acids is 1. The van der Waals surface area contributed by atoms with Crippen LogP contribution in [0.3, 0.4) is 0 Å². The molecule has 0 atom stereocenters. The fraction of sp³-hybridized carbons (Fsp3) is 0.364. The molecule has 0 aliphatic heterocycles. The van der Waals surface area contributed by atoms with Crippen LogP contribution in [0.1, 0.15) is 54.2 Å². The predicted octanol–water partition coefficient (Wildman–Crippen LogP) is 3.90. The van der Waals surface area contributed by atoms with Gasteiger partial charge in [-0.1, -0.05) is 37.2 Å². The Kier molecular flexibility index (Phi) is 6.87. The number of anilines is 1. The molecular weight excluding hydrogens is 442 g/mol. The standard InChI is InChI=1S/C22H25N7O3S/c1-4-6-7-14-8-10-15(11-9-14)29-22(26-27-28-29)33-12-16-24-19(23)18-17(21(30)31-5-2)13(3)32-20(18)25-16/h8-11H,4-7,12H2,1-3H3,(H2,23,24,25). The van der Waals surface area contributed by atoms with E-state index in [1.165, 1.54) is 17.3 Å². The minimum atomic E-state index is -0.508. The summed E-state index contributed by atoms with van der Waals surface area (Å²) >= 11 is 1.38. The van der Waals surface area contributed by atoms with E-state index in [0.717, 1.165) is 24.9 Å². The molecule has 0 bridgehead atoms. The van der Waals surface area contributed by atoms with Gasteiger partial charge in [-0.3, -0.25) is 0 Å². The summed E-state index contributed by atoms with van der Waals surface area (Å²) in [7, 11) is 0. The van der Waals surface area contributed by atoms with Gasteiger partial charge in [-0.05, 0) is 54.8 Å². The third kappa shape index (κ3) is 4.82. The van der Waals surface area contributed by atoms with Gasteiger partial charge in [0, 0.05) is 0 Å². The number of nitrogens with zero attached hydrogens (tertiary/aromatic N) is 6. The summed E-state index contributed by atoms with van der Waals surface area (Å²) in [6.07, 6.45) is 3.38. The molecule has 11 heteroatoms. The van der Waals surface area contributed by atoms with Crippen molar-refractivity contribution in [2.45, 2.75) is 50.9 Å². The molecule has 172 valence electrons. The number of esters is 1. The summed E-state index contributed by atoms with van der Waals surface area (Å²) in [6, 6.07) is 8.21. The molecule has 0 saturated carbocycles. The van der Waals surface area contributed by atoms with E-state index in [4.69, 9.17) is 14.9 Å². The van der Waals surface area contributed by atoms with Crippen molar-refractivity contribution in [2.75, 3.05) is 12.3 Å². The Hall–Kier alpha value is -3.47. The number of tetrazole rings is 1. The van der Waals surface area contributed by atoms with Crippen molar-refractivity contribution in [3.8, 4) is 5.69 Å². The van der Waals surface area contributed by atoms with Gasteiger partial charge in [-0.2, -0.15) is 9.67 Å². The summed E-state index contributed by atoms with van der Waals surface area (Å²) in [4.78, 5) is 21.1. The predicted molar refractivity (Wildman–Crippen MR) is 124 cm³/mol. The number of carbonyl (C=O) groups is 1. The highest BCUT2D eigenvalue weighted by molar-refractivity contribution is 7.98. The number of nitrogens with two attached hydrogens (primary N) is 1. The number of rotatable bonds is 9. The van der Waals surface area contributed by atoms with Crippen LogP contribution in [0.15, 0.2) is 33.8 Å². The monoisotopic (exact) mass is 467 g/mol. The summed E-state index contributed by atoms with van der Waals surface area (Å²) in [5, 5.41) is 13.0. The van der Waals surface area contributed by atoms with Crippen molar-refractivity contribution < 1.29 is 13.9 Å². The number of nitrogen functional groups attached to an aromatic ring is 1. The van der Waals surface area contributed by atoms with Crippen LogP contribution in [0.25, 0.3) is 16.8 Å². The third-order valence-electron chi connectivity index (χ3n) is 5.05. The molecule has 0 fully saturated rings. The normalized spacial score (nSPS) is 11.2. The van der Waals surface area contributed by atoms with Gasteiger partial charge >= 0.3 is 5.97 Å². The smallest absolute Gasteiger partial charge is 0.342 e. The molecule has 0 aliphatic rings. The van der Waals surface area contributed by atoms with Crippen LogP contribution in [0, 0.1) is 6.92 Å². The lowest BCUT2D eigenvalue weighted by Crippen LogP contribution is -2.07.